The minimum absolute atomic E-state index is 0.208. The summed E-state index contributed by atoms with van der Waals surface area (Å²) in [6.45, 7) is 8.37. The van der Waals surface area contributed by atoms with Gasteiger partial charge in [-0.2, -0.15) is 0 Å². The van der Waals surface area contributed by atoms with Crippen LogP contribution in [0.4, 0.5) is 0 Å². The van der Waals surface area contributed by atoms with Crippen molar-refractivity contribution in [3.05, 3.63) is 0 Å². The van der Waals surface area contributed by atoms with Crippen molar-refractivity contribution in [3.63, 3.8) is 0 Å². The van der Waals surface area contributed by atoms with E-state index in [0.29, 0.717) is 6.61 Å². The van der Waals surface area contributed by atoms with Gasteiger partial charge in [-0.1, -0.05) is 13.8 Å². The molecule has 0 atom stereocenters. The van der Waals surface area contributed by atoms with Crippen LogP contribution in [0.1, 0.15) is 40.5 Å². The Bertz CT molecular complexity index is 95.7. The van der Waals surface area contributed by atoms with E-state index in [-0.39, 0.29) is 6.10 Å². The number of aliphatic hydroxyl groups is 1. The molecule has 0 aromatic carbocycles. The van der Waals surface area contributed by atoms with Crippen molar-refractivity contribution >= 4 is 0 Å². The minimum Gasteiger partial charge on any atom is -0.388 e. The lowest BCUT2D eigenvalue weighted by Gasteiger charge is -2.25. The predicted octanol–water partition coefficient (Wildman–Crippen LogP) is 1.96. The monoisotopic (exact) mass is 160 g/mol. The molecule has 0 rings (SSSR count). The molecule has 2 nitrogen and oxygen atoms in total. The lowest BCUT2D eigenvalue weighted by Crippen LogP contribution is -2.33. The number of rotatable bonds is 5. The summed E-state index contributed by atoms with van der Waals surface area (Å²) in [5.74, 6) is 0. The summed E-state index contributed by atoms with van der Waals surface area (Å²) in [5.41, 5.74) is -0.607. The Morgan fingerprint density at radius 1 is 1.27 bits per heavy atom. The fourth-order valence-electron chi connectivity index (χ4n) is 0.776. The van der Waals surface area contributed by atoms with Gasteiger partial charge in [0, 0.05) is 0 Å². The predicted molar refractivity (Wildman–Crippen MR) is 46.6 cm³/mol. The third-order valence-electron chi connectivity index (χ3n) is 2.00. The summed E-state index contributed by atoms with van der Waals surface area (Å²) in [4.78, 5) is 0. The normalized spacial score (nSPS) is 12.5. The van der Waals surface area contributed by atoms with E-state index in [4.69, 9.17) is 4.74 Å². The molecule has 68 valence electrons. The fourth-order valence-corrected chi connectivity index (χ4v) is 0.776. The molecule has 2 heteroatoms. The molecule has 0 heterocycles. The molecule has 0 aliphatic heterocycles. The number of hydrogen-bond acceptors (Lipinski definition) is 2. The molecule has 0 saturated carbocycles. The zero-order valence-corrected chi connectivity index (χ0v) is 8.05. The molecule has 0 aromatic heterocycles. The van der Waals surface area contributed by atoms with Crippen LogP contribution in [0.5, 0.6) is 0 Å². The van der Waals surface area contributed by atoms with Crippen LogP contribution in [-0.2, 0) is 4.74 Å². The average Bonchev–Trinajstić information content (AvgIpc) is 2.00. The summed E-state index contributed by atoms with van der Waals surface area (Å²) in [6.07, 6.45) is 1.73. The van der Waals surface area contributed by atoms with Gasteiger partial charge in [0.1, 0.15) is 0 Å². The highest BCUT2D eigenvalue weighted by Crippen LogP contribution is 2.15. The second kappa shape index (κ2) is 4.73. The van der Waals surface area contributed by atoms with E-state index in [0.717, 1.165) is 12.8 Å². The lowest BCUT2D eigenvalue weighted by atomic mass is 9.99. The van der Waals surface area contributed by atoms with E-state index in [9.17, 15) is 5.11 Å². The highest BCUT2D eigenvalue weighted by molar-refractivity contribution is 4.74. The molecule has 0 aliphatic rings. The van der Waals surface area contributed by atoms with Crippen molar-refractivity contribution in [3.8, 4) is 0 Å². The molecule has 0 unspecified atom stereocenters. The molecular formula is C9H20O2. The topological polar surface area (TPSA) is 29.5 Å². The SMILES string of the molecule is CCC(O)(CC)COC(C)C. The van der Waals surface area contributed by atoms with E-state index < -0.39 is 5.60 Å². The van der Waals surface area contributed by atoms with Crippen molar-refractivity contribution in [1.82, 2.24) is 0 Å². The van der Waals surface area contributed by atoms with Crippen LogP contribution in [0.2, 0.25) is 0 Å². The Kier molecular flexibility index (Phi) is 4.69. The Morgan fingerprint density at radius 3 is 2.00 bits per heavy atom. The van der Waals surface area contributed by atoms with Gasteiger partial charge in [0.15, 0.2) is 0 Å². The maximum Gasteiger partial charge on any atom is 0.0875 e. The van der Waals surface area contributed by atoms with Gasteiger partial charge in [-0.3, -0.25) is 0 Å². The molecule has 0 bridgehead atoms. The van der Waals surface area contributed by atoms with E-state index in [1.54, 1.807) is 0 Å². The second-order valence-electron chi connectivity index (χ2n) is 3.29. The summed E-state index contributed by atoms with van der Waals surface area (Å²) < 4.78 is 5.34. The van der Waals surface area contributed by atoms with E-state index >= 15 is 0 Å². The van der Waals surface area contributed by atoms with Crippen molar-refractivity contribution in [1.29, 1.82) is 0 Å². The quantitative estimate of drug-likeness (QED) is 0.666. The largest absolute Gasteiger partial charge is 0.388 e. The molecule has 0 amide bonds. The molecule has 0 radical (unpaired) electrons. The van der Waals surface area contributed by atoms with Crippen LogP contribution in [0.3, 0.4) is 0 Å². The van der Waals surface area contributed by atoms with Crippen LogP contribution >= 0.6 is 0 Å². The van der Waals surface area contributed by atoms with Crippen molar-refractivity contribution in [2.24, 2.45) is 0 Å². The highest BCUT2D eigenvalue weighted by Gasteiger charge is 2.22. The molecule has 0 aromatic rings. The summed E-state index contributed by atoms with van der Waals surface area (Å²) >= 11 is 0. The van der Waals surface area contributed by atoms with E-state index in [1.807, 2.05) is 27.7 Å². The first kappa shape index (κ1) is 10.9. The van der Waals surface area contributed by atoms with Gasteiger partial charge in [0.2, 0.25) is 0 Å². The van der Waals surface area contributed by atoms with Gasteiger partial charge in [-0.05, 0) is 26.7 Å². The molecule has 1 N–H and O–H groups in total. The van der Waals surface area contributed by atoms with Crippen LogP contribution in [0.25, 0.3) is 0 Å². The van der Waals surface area contributed by atoms with Crippen LogP contribution < -0.4 is 0 Å². The minimum atomic E-state index is -0.607. The van der Waals surface area contributed by atoms with E-state index in [2.05, 4.69) is 0 Å². The summed E-state index contributed by atoms with van der Waals surface area (Å²) in [7, 11) is 0. The Balaban J connectivity index is 3.69. The van der Waals surface area contributed by atoms with Crippen LogP contribution in [-0.4, -0.2) is 23.4 Å². The fraction of sp³-hybridized carbons (Fsp3) is 1.00. The highest BCUT2D eigenvalue weighted by atomic mass is 16.5. The molecule has 0 saturated heterocycles. The Morgan fingerprint density at radius 2 is 1.73 bits per heavy atom. The van der Waals surface area contributed by atoms with Crippen LogP contribution in [0, 0.1) is 0 Å². The van der Waals surface area contributed by atoms with Gasteiger partial charge in [0.25, 0.3) is 0 Å². The zero-order chi connectivity index (χ0) is 8.91. The number of ether oxygens (including phenoxy) is 1. The Labute approximate surface area is 69.6 Å². The van der Waals surface area contributed by atoms with Crippen LogP contribution in [0.15, 0.2) is 0 Å². The summed E-state index contributed by atoms with van der Waals surface area (Å²) in [6, 6.07) is 0. The van der Waals surface area contributed by atoms with Crippen molar-refractivity contribution < 1.29 is 9.84 Å². The standard InChI is InChI=1S/C9H20O2/c1-5-9(10,6-2)7-11-8(3)4/h8,10H,5-7H2,1-4H3. The first-order chi connectivity index (χ1) is 5.04. The van der Waals surface area contributed by atoms with Gasteiger partial charge in [-0.25, -0.2) is 0 Å². The van der Waals surface area contributed by atoms with Gasteiger partial charge >= 0.3 is 0 Å². The van der Waals surface area contributed by atoms with E-state index in [1.165, 1.54) is 0 Å². The van der Waals surface area contributed by atoms with Gasteiger partial charge in [-0.15, -0.1) is 0 Å². The number of hydrogen-bond donors (Lipinski definition) is 1. The second-order valence-corrected chi connectivity index (χ2v) is 3.29. The molecular weight excluding hydrogens is 140 g/mol. The summed E-state index contributed by atoms with van der Waals surface area (Å²) in [5, 5.41) is 9.75. The first-order valence-corrected chi connectivity index (χ1v) is 4.38. The maximum absolute atomic E-state index is 9.75. The average molecular weight is 160 g/mol. The van der Waals surface area contributed by atoms with Crippen molar-refractivity contribution in [2.45, 2.75) is 52.2 Å². The molecule has 11 heavy (non-hydrogen) atoms. The lowest BCUT2D eigenvalue weighted by molar-refractivity contribution is -0.0685. The molecule has 0 fully saturated rings. The Hall–Kier alpha value is -0.0800. The molecule has 0 aliphatic carbocycles. The third-order valence-corrected chi connectivity index (χ3v) is 2.00. The third kappa shape index (κ3) is 4.38. The van der Waals surface area contributed by atoms with Gasteiger partial charge in [0.05, 0.1) is 18.3 Å². The van der Waals surface area contributed by atoms with Crippen molar-refractivity contribution in [2.75, 3.05) is 6.61 Å². The first-order valence-electron chi connectivity index (χ1n) is 4.38. The maximum atomic E-state index is 9.75. The molecule has 0 spiro atoms. The van der Waals surface area contributed by atoms with Gasteiger partial charge < -0.3 is 9.84 Å². The zero-order valence-electron chi connectivity index (χ0n) is 8.05. The smallest absolute Gasteiger partial charge is 0.0875 e.